The highest BCUT2D eigenvalue weighted by Gasteiger charge is 2.54. The fraction of sp³-hybridized carbons (Fsp3) is 0.312. The van der Waals surface area contributed by atoms with Crippen molar-refractivity contribution < 1.29 is 29.1 Å². The molecule has 2 aliphatic heterocycles. The number of nitrogens with two attached hydrogens (primary N) is 1. The van der Waals surface area contributed by atoms with Crippen molar-refractivity contribution in [3.63, 3.8) is 0 Å². The van der Waals surface area contributed by atoms with Crippen LogP contribution >= 0.6 is 23.1 Å². The van der Waals surface area contributed by atoms with E-state index in [4.69, 9.17) is 15.7 Å². The molecule has 13 heteroatoms. The maximum absolute atomic E-state index is 12.8. The summed E-state index contributed by atoms with van der Waals surface area (Å²) < 4.78 is 4.69. The van der Waals surface area contributed by atoms with Crippen LogP contribution in [0.4, 0.5) is 9.93 Å². The van der Waals surface area contributed by atoms with Gasteiger partial charge in [0.1, 0.15) is 23.7 Å². The molecule has 1 fully saturated rings. The SMILES string of the molecule is C=CCON=C(C(=O)NC1C(=O)N2C(OC(=O)O)=CC(C)S[C@@H]12)c1csc(N)n1. The number of aromatic nitrogens is 1. The van der Waals surface area contributed by atoms with Crippen LogP contribution in [0.15, 0.2) is 35.1 Å². The van der Waals surface area contributed by atoms with E-state index in [9.17, 15) is 14.4 Å². The molecule has 154 valence electrons. The molecule has 2 aliphatic rings. The van der Waals surface area contributed by atoms with Gasteiger partial charge in [0.15, 0.2) is 10.8 Å². The molecule has 0 aliphatic carbocycles. The number of amides is 2. The Labute approximate surface area is 173 Å². The summed E-state index contributed by atoms with van der Waals surface area (Å²) in [5.74, 6) is -1.25. The number of ether oxygens (including phenoxy) is 1. The lowest BCUT2D eigenvalue weighted by Gasteiger charge is -2.49. The van der Waals surface area contributed by atoms with Crippen LogP contribution in [0.1, 0.15) is 12.6 Å². The highest BCUT2D eigenvalue weighted by molar-refractivity contribution is 8.00. The smallest absolute Gasteiger partial charge is 0.449 e. The molecule has 3 rings (SSSR count). The molecular weight excluding hydrogens is 422 g/mol. The van der Waals surface area contributed by atoms with Crippen LogP contribution in [-0.2, 0) is 19.2 Å². The summed E-state index contributed by atoms with van der Waals surface area (Å²) in [7, 11) is 0. The standard InChI is InChI=1S/C16H17N5O6S2/c1-3-4-26-20-10(8-6-28-15(17)18-8)12(22)19-11-13(23)21-9(27-16(24)25)5-7(2)29-14(11)21/h3,5-7,11,14H,1,4H2,2H3,(H2,17,18)(H,19,22)(H,24,25)/t7?,11?,14-/m0/s1. The molecule has 0 radical (unpaired) electrons. The number of thioether (sulfide) groups is 1. The molecular formula is C16H17N5O6S2. The Balaban J connectivity index is 1.76. The molecule has 29 heavy (non-hydrogen) atoms. The Morgan fingerprint density at radius 2 is 2.31 bits per heavy atom. The second-order valence-corrected chi connectivity index (χ2v) is 8.25. The first kappa shape index (κ1) is 20.7. The molecule has 2 unspecified atom stereocenters. The van der Waals surface area contributed by atoms with Crippen molar-refractivity contribution in [1.29, 1.82) is 0 Å². The zero-order valence-electron chi connectivity index (χ0n) is 15.1. The van der Waals surface area contributed by atoms with Gasteiger partial charge in [-0.3, -0.25) is 14.5 Å². The van der Waals surface area contributed by atoms with Gasteiger partial charge in [-0.2, -0.15) is 0 Å². The molecule has 1 aromatic heterocycles. The topological polar surface area (TPSA) is 156 Å². The predicted octanol–water partition coefficient (Wildman–Crippen LogP) is 0.956. The molecule has 1 saturated heterocycles. The van der Waals surface area contributed by atoms with Gasteiger partial charge in [-0.15, -0.1) is 23.1 Å². The Morgan fingerprint density at radius 3 is 2.93 bits per heavy atom. The van der Waals surface area contributed by atoms with Gasteiger partial charge in [0, 0.05) is 10.6 Å². The van der Waals surface area contributed by atoms with Gasteiger partial charge >= 0.3 is 6.16 Å². The Morgan fingerprint density at radius 1 is 1.55 bits per heavy atom. The van der Waals surface area contributed by atoms with E-state index in [1.54, 1.807) is 5.38 Å². The average molecular weight is 439 g/mol. The predicted molar refractivity (Wildman–Crippen MR) is 106 cm³/mol. The molecule has 0 aromatic carbocycles. The fourth-order valence-electron chi connectivity index (χ4n) is 2.65. The first-order valence-electron chi connectivity index (χ1n) is 8.26. The van der Waals surface area contributed by atoms with Crippen LogP contribution in [0.3, 0.4) is 0 Å². The van der Waals surface area contributed by atoms with Crippen molar-refractivity contribution in [2.45, 2.75) is 23.6 Å². The number of β-lactam (4-membered cyclic amide) rings is 1. The third kappa shape index (κ3) is 4.35. The summed E-state index contributed by atoms with van der Waals surface area (Å²) in [5.41, 5.74) is 5.69. The van der Waals surface area contributed by atoms with Crippen LogP contribution < -0.4 is 11.1 Å². The lowest BCUT2D eigenvalue weighted by atomic mass is 10.1. The number of thiazole rings is 1. The minimum absolute atomic E-state index is 0.0697. The average Bonchev–Trinajstić information content (AvgIpc) is 3.08. The van der Waals surface area contributed by atoms with Gasteiger partial charge in [0.25, 0.3) is 11.8 Å². The van der Waals surface area contributed by atoms with Gasteiger partial charge in [-0.05, 0) is 13.0 Å². The van der Waals surface area contributed by atoms with Crippen LogP contribution in [0, 0.1) is 0 Å². The molecule has 4 N–H and O–H groups in total. The fourth-order valence-corrected chi connectivity index (χ4v) is 4.50. The van der Waals surface area contributed by atoms with Gasteiger partial charge in [0.2, 0.25) is 5.88 Å². The third-order valence-corrected chi connectivity index (χ3v) is 5.82. The van der Waals surface area contributed by atoms with Crippen LogP contribution in [0.2, 0.25) is 0 Å². The normalized spacial score (nSPS) is 23.4. The van der Waals surface area contributed by atoms with Crippen molar-refractivity contribution in [1.82, 2.24) is 15.2 Å². The van der Waals surface area contributed by atoms with Crippen molar-refractivity contribution in [3.8, 4) is 0 Å². The Kier molecular flexibility index (Phi) is 6.08. The molecule has 1 aromatic rings. The quantitative estimate of drug-likeness (QED) is 0.141. The first-order valence-corrected chi connectivity index (χ1v) is 10.1. The number of fused-ring (bicyclic) bond motifs is 1. The highest BCUT2D eigenvalue weighted by Crippen LogP contribution is 2.41. The number of hydrogen-bond acceptors (Lipinski definition) is 10. The summed E-state index contributed by atoms with van der Waals surface area (Å²) in [5, 5.41) is 16.4. The molecule has 0 saturated carbocycles. The van der Waals surface area contributed by atoms with Gasteiger partial charge in [0.05, 0.1) is 0 Å². The Bertz CT molecular complexity index is 913. The van der Waals surface area contributed by atoms with Crippen LogP contribution in [-0.4, -0.2) is 61.9 Å². The number of anilines is 1. The molecule has 2 amide bonds. The third-order valence-electron chi connectivity index (χ3n) is 3.82. The van der Waals surface area contributed by atoms with E-state index < -0.39 is 29.4 Å². The van der Waals surface area contributed by atoms with Crippen LogP contribution in [0.5, 0.6) is 0 Å². The van der Waals surface area contributed by atoms with Crippen molar-refractivity contribution in [2.75, 3.05) is 12.3 Å². The van der Waals surface area contributed by atoms with E-state index in [2.05, 4.69) is 26.8 Å². The number of oxime groups is 1. The van der Waals surface area contributed by atoms with E-state index in [0.717, 1.165) is 11.3 Å². The van der Waals surface area contributed by atoms with E-state index in [-0.39, 0.29) is 34.3 Å². The van der Waals surface area contributed by atoms with Gasteiger partial charge in [-0.25, -0.2) is 9.78 Å². The number of nitrogen functional groups attached to an aromatic ring is 1. The maximum atomic E-state index is 12.8. The number of rotatable bonds is 7. The highest BCUT2D eigenvalue weighted by atomic mass is 32.2. The second-order valence-electron chi connectivity index (χ2n) is 5.86. The van der Waals surface area contributed by atoms with E-state index in [1.807, 2.05) is 6.92 Å². The number of carbonyl (C=O) groups excluding carboxylic acids is 2. The van der Waals surface area contributed by atoms with Gasteiger partial charge in [-0.1, -0.05) is 17.8 Å². The van der Waals surface area contributed by atoms with Crippen molar-refractivity contribution in [3.05, 3.63) is 35.7 Å². The zero-order valence-corrected chi connectivity index (χ0v) is 16.7. The minimum Gasteiger partial charge on any atom is -0.449 e. The lowest BCUT2D eigenvalue weighted by Crippen LogP contribution is -2.70. The maximum Gasteiger partial charge on any atom is 0.512 e. The van der Waals surface area contributed by atoms with Crippen LogP contribution in [0.25, 0.3) is 0 Å². The second kappa shape index (κ2) is 8.53. The summed E-state index contributed by atoms with van der Waals surface area (Å²) in [6.07, 6.45) is 1.46. The summed E-state index contributed by atoms with van der Waals surface area (Å²) >= 11 is 2.50. The molecule has 0 spiro atoms. The van der Waals surface area contributed by atoms with E-state index in [0.29, 0.717) is 0 Å². The van der Waals surface area contributed by atoms with Crippen molar-refractivity contribution in [2.24, 2.45) is 5.16 Å². The number of hydrogen-bond donors (Lipinski definition) is 3. The number of carbonyl (C=O) groups is 3. The Hall–Kier alpha value is -3.06. The lowest BCUT2D eigenvalue weighted by molar-refractivity contribution is -0.148. The monoisotopic (exact) mass is 439 g/mol. The van der Waals surface area contributed by atoms with Crippen molar-refractivity contribution >= 4 is 51.9 Å². The number of nitrogens with one attached hydrogen (secondary N) is 1. The number of nitrogens with zero attached hydrogens (tertiary/aromatic N) is 3. The molecule has 0 bridgehead atoms. The molecule has 3 atom stereocenters. The van der Waals surface area contributed by atoms with E-state index >= 15 is 0 Å². The van der Waals surface area contributed by atoms with E-state index in [1.165, 1.54) is 28.8 Å². The summed E-state index contributed by atoms with van der Waals surface area (Å²) in [6, 6.07) is -0.892. The molecule has 11 nitrogen and oxygen atoms in total. The minimum atomic E-state index is -1.52. The number of carboxylic acid groups (broad SMARTS) is 1. The van der Waals surface area contributed by atoms with Gasteiger partial charge < -0.3 is 25.7 Å². The summed E-state index contributed by atoms with van der Waals surface area (Å²) in [4.78, 5) is 46.4. The molecule has 3 heterocycles. The largest absolute Gasteiger partial charge is 0.512 e. The summed E-state index contributed by atoms with van der Waals surface area (Å²) in [6.45, 7) is 5.39. The zero-order chi connectivity index (χ0) is 21.1. The first-order chi connectivity index (χ1) is 13.8.